The third kappa shape index (κ3) is 4.45. The summed E-state index contributed by atoms with van der Waals surface area (Å²) in [6.07, 6.45) is 6.50. The first-order valence-electron chi connectivity index (χ1n) is 9.57. The Balaban J connectivity index is 1.26. The Morgan fingerprint density at radius 1 is 1.00 bits per heavy atom. The van der Waals surface area contributed by atoms with Gasteiger partial charge in [0.1, 0.15) is 0 Å². The van der Waals surface area contributed by atoms with Crippen LogP contribution in [0.1, 0.15) is 36.8 Å². The second-order valence-electron chi connectivity index (χ2n) is 7.62. The monoisotopic (exact) mass is 398 g/mol. The number of benzene rings is 2. The van der Waals surface area contributed by atoms with E-state index in [4.69, 9.17) is 0 Å². The van der Waals surface area contributed by atoms with Crippen molar-refractivity contribution in [3.63, 3.8) is 0 Å². The molecule has 1 saturated heterocycles. The molecule has 132 valence electrons. The first-order valence-corrected chi connectivity index (χ1v) is 10.4. The van der Waals surface area contributed by atoms with Crippen molar-refractivity contribution >= 4 is 21.6 Å². The summed E-state index contributed by atoms with van der Waals surface area (Å²) in [5.41, 5.74) is 4.25. The molecule has 0 spiro atoms. The molecule has 1 fully saturated rings. The highest BCUT2D eigenvalue weighted by Gasteiger charge is 2.25. The van der Waals surface area contributed by atoms with Crippen molar-refractivity contribution in [2.75, 3.05) is 18.4 Å². The number of piperidine rings is 1. The Morgan fingerprint density at radius 3 is 2.60 bits per heavy atom. The van der Waals surface area contributed by atoms with Gasteiger partial charge in [0.15, 0.2) is 0 Å². The van der Waals surface area contributed by atoms with Crippen molar-refractivity contribution in [1.29, 1.82) is 0 Å². The first kappa shape index (κ1) is 17.1. The summed E-state index contributed by atoms with van der Waals surface area (Å²) in [5, 5.41) is 3.79. The first-order chi connectivity index (χ1) is 12.3. The molecule has 4 rings (SSSR count). The van der Waals surface area contributed by atoms with E-state index in [1.165, 1.54) is 66.5 Å². The molecule has 2 heterocycles. The molecule has 2 aliphatic rings. The predicted octanol–water partition coefficient (Wildman–Crippen LogP) is 5.48. The number of hydrogen-bond acceptors (Lipinski definition) is 2. The molecular formula is C22H27BrN2. The van der Waals surface area contributed by atoms with Gasteiger partial charge in [-0.3, -0.25) is 4.90 Å². The molecule has 0 radical (unpaired) electrons. The smallest absolute Gasteiger partial charge is 0.0375 e. The molecule has 3 heteroatoms. The van der Waals surface area contributed by atoms with E-state index >= 15 is 0 Å². The van der Waals surface area contributed by atoms with Crippen LogP contribution >= 0.6 is 15.9 Å². The molecule has 0 amide bonds. The highest BCUT2D eigenvalue weighted by Crippen LogP contribution is 2.32. The lowest BCUT2D eigenvalue weighted by atomic mass is 9.86. The fourth-order valence-electron chi connectivity index (χ4n) is 4.33. The summed E-state index contributed by atoms with van der Waals surface area (Å²) < 4.78 is 1.19. The van der Waals surface area contributed by atoms with Crippen LogP contribution in [0.4, 0.5) is 5.69 Å². The minimum Gasteiger partial charge on any atom is -0.382 e. The van der Waals surface area contributed by atoms with E-state index in [1.807, 2.05) is 0 Å². The summed E-state index contributed by atoms with van der Waals surface area (Å²) in [4.78, 5) is 2.62. The van der Waals surface area contributed by atoms with Gasteiger partial charge in [0.2, 0.25) is 0 Å². The van der Waals surface area contributed by atoms with Gasteiger partial charge in [-0.15, -0.1) is 0 Å². The van der Waals surface area contributed by atoms with Crippen molar-refractivity contribution in [3.8, 4) is 0 Å². The maximum atomic E-state index is 3.79. The number of fused-ring (bicyclic) bond motifs is 1. The van der Waals surface area contributed by atoms with Crippen molar-refractivity contribution in [3.05, 3.63) is 64.1 Å². The minimum absolute atomic E-state index is 0.652. The van der Waals surface area contributed by atoms with E-state index in [-0.39, 0.29) is 0 Å². The van der Waals surface area contributed by atoms with Gasteiger partial charge in [0, 0.05) is 22.7 Å². The molecule has 2 aromatic rings. The third-order valence-electron chi connectivity index (χ3n) is 5.76. The van der Waals surface area contributed by atoms with Crippen molar-refractivity contribution in [2.45, 2.75) is 44.7 Å². The molecule has 0 saturated carbocycles. The summed E-state index contributed by atoms with van der Waals surface area (Å²) in [5.74, 6) is 0.876. The van der Waals surface area contributed by atoms with E-state index in [1.54, 1.807) is 0 Å². The Bertz CT molecular complexity index is 692. The molecular weight excluding hydrogens is 372 g/mol. The van der Waals surface area contributed by atoms with Gasteiger partial charge in [-0.25, -0.2) is 0 Å². The lowest BCUT2D eigenvalue weighted by Gasteiger charge is -2.35. The van der Waals surface area contributed by atoms with E-state index in [9.17, 15) is 0 Å². The molecule has 1 N–H and O–H groups in total. The zero-order valence-corrected chi connectivity index (χ0v) is 16.3. The van der Waals surface area contributed by atoms with Crippen LogP contribution in [0.2, 0.25) is 0 Å². The fraction of sp³-hybridized carbons (Fsp3) is 0.455. The number of nitrogens with one attached hydrogen (secondary N) is 1. The van der Waals surface area contributed by atoms with Crippen LogP contribution in [0.25, 0.3) is 0 Å². The number of hydrogen-bond donors (Lipinski definition) is 1. The maximum absolute atomic E-state index is 3.79. The van der Waals surface area contributed by atoms with Gasteiger partial charge in [0.25, 0.3) is 0 Å². The normalized spacial score (nSPS) is 21.6. The van der Waals surface area contributed by atoms with Gasteiger partial charge < -0.3 is 5.32 Å². The van der Waals surface area contributed by atoms with Crippen LogP contribution in [0.15, 0.2) is 53.0 Å². The van der Waals surface area contributed by atoms with Crippen molar-refractivity contribution < 1.29 is 0 Å². The molecule has 2 aliphatic heterocycles. The zero-order chi connectivity index (χ0) is 17.1. The van der Waals surface area contributed by atoms with Gasteiger partial charge in [-0.2, -0.15) is 0 Å². The SMILES string of the molecule is Brc1ccc2c(c1)CCC(CC1CCN(Cc3ccccc3)CC1)N2. The predicted molar refractivity (Wildman–Crippen MR) is 109 cm³/mol. The number of likely N-dealkylation sites (tertiary alicyclic amines) is 1. The molecule has 0 bridgehead atoms. The second kappa shape index (κ2) is 7.92. The molecule has 2 nitrogen and oxygen atoms in total. The average Bonchev–Trinajstić information content (AvgIpc) is 2.64. The lowest BCUT2D eigenvalue weighted by Crippen LogP contribution is -2.36. The second-order valence-corrected chi connectivity index (χ2v) is 8.54. The molecule has 1 atom stereocenters. The van der Waals surface area contributed by atoms with Gasteiger partial charge in [-0.1, -0.05) is 46.3 Å². The van der Waals surface area contributed by atoms with Crippen LogP contribution in [-0.4, -0.2) is 24.0 Å². The van der Waals surface area contributed by atoms with Crippen molar-refractivity contribution in [2.24, 2.45) is 5.92 Å². The zero-order valence-electron chi connectivity index (χ0n) is 14.8. The van der Waals surface area contributed by atoms with E-state index in [0.717, 1.165) is 12.5 Å². The van der Waals surface area contributed by atoms with Gasteiger partial charge in [0.05, 0.1) is 0 Å². The topological polar surface area (TPSA) is 15.3 Å². The fourth-order valence-corrected chi connectivity index (χ4v) is 4.74. The molecule has 2 aromatic carbocycles. The van der Waals surface area contributed by atoms with Crippen LogP contribution < -0.4 is 5.32 Å². The Kier molecular flexibility index (Phi) is 5.42. The number of anilines is 1. The summed E-state index contributed by atoms with van der Waals surface area (Å²) in [7, 11) is 0. The maximum Gasteiger partial charge on any atom is 0.0375 e. The molecule has 25 heavy (non-hydrogen) atoms. The van der Waals surface area contributed by atoms with Crippen LogP contribution in [0.3, 0.4) is 0 Å². The lowest BCUT2D eigenvalue weighted by molar-refractivity contribution is 0.168. The summed E-state index contributed by atoms with van der Waals surface area (Å²) >= 11 is 3.58. The van der Waals surface area contributed by atoms with E-state index in [2.05, 4.69) is 74.7 Å². The average molecular weight is 399 g/mol. The standard InChI is InChI=1S/C22H27BrN2/c23-20-7-9-22-19(15-20)6-8-21(24-22)14-17-10-12-25(13-11-17)16-18-4-2-1-3-5-18/h1-5,7,9,15,17,21,24H,6,8,10-14,16H2. The summed E-state index contributed by atoms with van der Waals surface area (Å²) in [6.45, 7) is 3.60. The quantitative estimate of drug-likeness (QED) is 0.733. The highest BCUT2D eigenvalue weighted by molar-refractivity contribution is 9.10. The van der Waals surface area contributed by atoms with Gasteiger partial charge >= 0.3 is 0 Å². The molecule has 1 unspecified atom stereocenters. The summed E-state index contributed by atoms with van der Waals surface area (Å²) in [6, 6.07) is 18.2. The third-order valence-corrected chi connectivity index (χ3v) is 6.26. The van der Waals surface area contributed by atoms with Crippen LogP contribution in [-0.2, 0) is 13.0 Å². The Morgan fingerprint density at radius 2 is 1.80 bits per heavy atom. The minimum atomic E-state index is 0.652. The number of halogens is 1. The Hall–Kier alpha value is -1.32. The van der Waals surface area contributed by atoms with E-state index in [0.29, 0.717) is 6.04 Å². The van der Waals surface area contributed by atoms with Crippen molar-refractivity contribution in [1.82, 2.24) is 4.90 Å². The van der Waals surface area contributed by atoms with Crippen LogP contribution in [0, 0.1) is 5.92 Å². The number of rotatable bonds is 4. The molecule has 0 aromatic heterocycles. The van der Waals surface area contributed by atoms with E-state index < -0.39 is 0 Å². The largest absolute Gasteiger partial charge is 0.382 e. The van der Waals surface area contributed by atoms with Gasteiger partial charge in [-0.05, 0) is 80.4 Å². The molecule has 0 aliphatic carbocycles. The van der Waals surface area contributed by atoms with Crippen LogP contribution in [0.5, 0.6) is 0 Å². The number of nitrogens with zero attached hydrogens (tertiary/aromatic N) is 1. The number of aryl methyl sites for hydroxylation is 1. The highest BCUT2D eigenvalue weighted by atomic mass is 79.9. The Labute approximate surface area is 159 Å².